The molecular formula is C20H22ClN3O2. The van der Waals surface area contributed by atoms with E-state index in [-0.39, 0.29) is 18.4 Å². The van der Waals surface area contributed by atoms with Crippen LogP contribution in [0.25, 0.3) is 0 Å². The molecule has 2 amide bonds. The van der Waals surface area contributed by atoms with E-state index in [0.29, 0.717) is 22.0 Å². The number of halogens is 1. The van der Waals surface area contributed by atoms with E-state index in [1.165, 1.54) is 6.42 Å². The molecular weight excluding hydrogens is 350 g/mol. The fourth-order valence-electron chi connectivity index (χ4n) is 2.96. The van der Waals surface area contributed by atoms with Crippen LogP contribution in [0.1, 0.15) is 29.6 Å². The number of benzene rings is 2. The SMILES string of the molecule is O=C(CNc1ccccc1Cl)Nc1ccc(C(=O)N2CCCCC2)cc1. The maximum Gasteiger partial charge on any atom is 0.253 e. The second-order valence-corrected chi connectivity index (χ2v) is 6.72. The molecule has 1 aliphatic rings. The van der Waals surface area contributed by atoms with Crippen LogP contribution in [0.15, 0.2) is 48.5 Å². The van der Waals surface area contributed by atoms with Crippen molar-refractivity contribution in [3.8, 4) is 0 Å². The molecule has 2 N–H and O–H groups in total. The number of hydrogen-bond donors (Lipinski definition) is 2. The van der Waals surface area contributed by atoms with Crippen molar-refractivity contribution in [3.05, 3.63) is 59.1 Å². The minimum atomic E-state index is -0.181. The first kappa shape index (κ1) is 18.3. The number of carbonyl (C=O) groups excluding carboxylic acids is 2. The van der Waals surface area contributed by atoms with Crippen LogP contribution in [0.3, 0.4) is 0 Å². The summed E-state index contributed by atoms with van der Waals surface area (Å²) in [7, 11) is 0. The molecule has 0 unspecified atom stereocenters. The van der Waals surface area contributed by atoms with Gasteiger partial charge in [-0.3, -0.25) is 9.59 Å². The zero-order valence-corrected chi connectivity index (χ0v) is 15.3. The number of piperidine rings is 1. The van der Waals surface area contributed by atoms with Crippen molar-refractivity contribution in [2.24, 2.45) is 0 Å². The normalized spacial score (nSPS) is 14.0. The van der Waals surface area contributed by atoms with Crippen LogP contribution in [0.5, 0.6) is 0 Å². The quantitative estimate of drug-likeness (QED) is 0.834. The van der Waals surface area contributed by atoms with Crippen molar-refractivity contribution in [3.63, 3.8) is 0 Å². The summed E-state index contributed by atoms with van der Waals surface area (Å²) in [5, 5.41) is 6.38. The summed E-state index contributed by atoms with van der Waals surface area (Å²) in [6, 6.07) is 14.3. The van der Waals surface area contributed by atoms with Crippen LogP contribution in [-0.2, 0) is 4.79 Å². The molecule has 0 aromatic heterocycles. The van der Waals surface area contributed by atoms with Crippen LogP contribution >= 0.6 is 11.6 Å². The number of para-hydroxylation sites is 1. The maximum absolute atomic E-state index is 12.4. The van der Waals surface area contributed by atoms with Gasteiger partial charge in [0.1, 0.15) is 0 Å². The second kappa shape index (κ2) is 8.72. The van der Waals surface area contributed by atoms with E-state index < -0.39 is 0 Å². The minimum absolute atomic E-state index is 0.0583. The summed E-state index contributed by atoms with van der Waals surface area (Å²) in [6.07, 6.45) is 3.33. The van der Waals surface area contributed by atoms with Crippen molar-refractivity contribution < 1.29 is 9.59 Å². The molecule has 0 radical (unpaired) electrons. The lowest BCUT2D eigenvalue weighted by molar-refractivity contribution is -0.114. The molecule has 26 heavy (non-hydrogen) atoms. The number of amides is 2. The van der Waals surface area contributed by atoms with E-state index in [9.17, 15) is 9.59 Å². The van der Waals surface area contributed by atoms with Crippen LogP contribution in [0.4, 0.5) is 11.4 Å². The highest BCUT2D eigenvalue weighted by Gasteiger charge is 2.17. The van der Waals surface area contributed by atoms with Crippen molar-refractivity contribution in [1.82, 2.24) is 4.90 Å². The molecule has 0 spiro atoms. The van der Waals surface area contributed by atoms with Crippen molar-refractivity contribution in [2.45, 2.75) is 19.3 Å². The van der Waals surface area contributed by atoms with Gasteiger partial charge >= 0.3 is 0 Å². The first-order chi connectivity index (χ1) is 12.6. The predicted octanol–water partition coefficient (Wildman–Crippen LogP) is 4.02. The summed E-state index contributed by atoms with van der Waals surface area (Å²) in [5.74, 6) is -0.122. The molecule has 1 heterocycles. The third-order valence-corrected chi connectivity index (χ3v) is 4.70. The van der Waals surface area contributed by atoms with Gasteiger partial charge in [-0.2, -0.15) is 0 Å². The zero-order valence-electron chi connectivity index (χ0n) is 14.5. The van der Waals surface area contributed by atoms with Crippen LogP contribution < -0.4 is 10.6 Å². The molecule has 2 aromatic rings. The highest BCUT2D eigenvalue weighted by atomic mass is 35.5. The van der Waals surface area contributed by atoms with Crippen LogP contribution in [0, 0.1) is 0 Å². The number of hydrogen-bond acceptors (Lipinski definition) is 3. The second-order valence-electron chi connectivity index (χ2n) is 6.31. The molecule has 2 aromatic carbocycles. The molecule has 1 fully saturated rings. The Morgan fingerprint density at radius 2 is 1.65 bits per heavy atom. The van der Waals surface area contributed by atoms with E-state index >= 15 is 0 Å². The van der Waals surface area contributed by atoms with E-state index in [2.05, 4.69) is 10.6 Å². The van der Waals surface area contributed by atoms with Gasteiger partial charge < -0.3 is 15.5 Å². The Bertz CT molecular complexity index is 771. The molecule has 5 nitrogen and oxygen atoms in total. The highest BCUT2D eigenvalue weighted by Crippen LogP contribution is 2.20. The number of likely N-dealkylation sites (tertiary alicyclic amines) is 1. The molecule has 0 aliphatic carbocycles. The largest absolute Gasteiger partial charge is 0.375 e. The lowest BCUT2D eigenvalue weighted by atomic mass is 10.1. The summed E-state index contributed by atoms with van der Waals surface area (Å²) < 4.78 is 0. The molecule has 0 saturated carbocycles. The van der Waals surface area contributed by atoms with Crippen molar-refractivity contribution in [1.29, 1.82) is 0 Å². The molecule has 3 rings (SSSR count). The van der Waals surface area contributed by atoms with Gasteiger partial charge in [-0.15, -0.1) is 0 Å². The first-order valence-corrected chi connectivity index (χ1v) is 9.19. The van der Waals surface area contributed by atoms with E-state index in [0.717, 1.165) is 25.9 Å². The Morgan fingerprint density at radius 1 is 0.962 bits per heavy atom. The smallest absolute Gasteiger partial charge is 0.253 e. The van der Waals surface area contributed by atoms with E-state index in [4.69, 9.17) is 11.6 Å². The number of nitrogens with zero attached hydrogens (tertiary/aromatic N) is 1. The van der Waals surface area contributed by atoms with Gasteiger partial charge in [0.2, 0.25) is 5.91 Å². The predicted molar refractivity (Wildman–Crippen MR) is 105 cm³/mol. The van der Waals surface area contributed by atoms with Gasteiger partial charge in [0, 0.05) is 24.3 Å². The van der Waals surface area contributed by atoms with Gasteiger partial charge in [-0.05, 0) is 55.7 Å². The molecule has 1 saturated heterocycles. The standard InChI is InChI=1S/C20H22ClN3O2/c21-17-6-2-3-7-18(17)22-14-19(25)23-16-10-8-15(9-11-16)20(26)24-12-4-1-5-13-24/h2-3,6-11,22H,1,4-5,12-14H2,(H,23,25). The number of rotatable bonds is 5. The van der Waals surface area contributed by atoms with Gasteiger partial charge in [0.15, 0.2) is 0 Å². The number of carbonyl (C=O) groups is 2. The van der Waals surface area contributed by atoms with Gasteiger partial charge in [0.05, 0.1) is 17.3 Å². The topological polar surface area (TPSA) is 61.4 Å². The Kier molecular flexibility index (Phi) is 6.12. The molecule has 136 valence electrons. The summed E-state index contributed by atoms with van der Waals surface area (Å²) in [4.78, 5) is 26.4. The Labute approximate surface area is 158 Å². The molecule has 0 bridgehead atoms. The first-order valence-electron chi connectivity index (χ1n) is 8.81. The summed E-state index contributed by atoms with van der Waals surface area (Å²) in [6.45, 7) is 1.76. The highest BCUT2D eigenvalue weighted by molar-refractivity contribution is 6.33. The lowest BCUT2D eigenvalue weighted by Gasteiger charge is -2.26. The van der Waals surface area contributed by atoms with Gasteiger partial charge in [-0.1, -0.05) is 23.7 Å². The third kappa shape index (κ3) is 4.76. The summed E-state index contributed by atoms with van der Waals surface area (Å²) in [5.41, 5.74) is 2.03. The Balaban J connectivity index is 1.52. The number of anilines is 2. The van der Waals surface area contributed by atoms with E-state index in [1.54, 1.807) is 30.3 Å². The monoisotopic (exact) mass is 371 g/mol. The molecule has 1 aliphatic heterocycles. The maximum atomic E-state index is 12.4. The Hall–Kier alpha value is -2.53. The fourth-order valence-corrected chi connectivity index (χ4v) is 3.16. The Morgan fingerprint density at radius 3 is 2.35 bits per heavy atom. The number of nitrogens with one attached hydrogen (secondary N) is 2. The van der Waals surface area contributed by atoms with Gasteiger partial charge in [0.25, 0.3) is 5.91 Å². The fraction of sp³-hybridized carbons (Fsp3) is 0.300. The lowest BCUT2D eigenvalue weighted by Crippen LogP contribution is -2.35. The molecule has 0 atom stereocenters. The average Bonchev–Trinajstić information content (AvgIpc) is 2.68. The van der Waals surface area contributed by atoms with Crippen molar-refractivity contribution >= 4 is 34.8 Å². The van der Waals surface area contributed by atoms with Gasteiger partial charge in [-0.25, -0.2) is 0 Å². The van der Waals surface area contributed by atoms with Crippen LogP contribution in [0.2, 0.25) is 5.02 Å². The third-order valence-electron chi connectivity index (χ3n) is 4.37. The summed E-state index contributed by atoms with van der Waals surface area (Å²) >= 11 is 6.05. The van der Waals surface area contributed by atoms with E-state index in [1.807, 2.05) is 23.1 Å². The average molecular weight is 372 g/mol. The minimum Gasteiger partial charge on any atom is -0.375 e. The van der Waals surface area contributed by atoms with Crippen molar-refractivity contribution in [2.75, 3.05) is 30.3 Å². The zero-order chi connectivity index (χ0) is 18.4. The molecule has 6 heteroatoms. The van der Waals surface area contributed by atoms with Crippen LogP contribution in [-0.4, -0.2) is 36.3 Å².